The van der Waals surface area contributed by atoms with Crippen molar-refractivity contribution in [3.63, 3.8) is 0 Å². The Morgan fingerprint density at radius 3 is 1.83 bits per heavy atom. The minimum absolute atomic E-state index is 0.178. The van der Waals surface area contributed by atoms with E-state index in [2.05, 4.69) is 12.7 Å². The number of unbranched alkanes of at least 4 members (excludes halogenated alkanes) is 9. The van der Waals surface area contributed by atoms with Crippen molar-refractivity contribution in [2.24, 2.45) is 0 Å². The van der Waals surface area contributed by atoms with Crippen molar-refractivity contribution in [3.8, 4) is 5.75 Å². The van der Waals surface area contributed by atoms with Gasteiger partial charge in [-0.25, -0.2) is 4.79 Å². The van der Waals surface area contributed by atoms with Crippen molar-refractivity contribution in [2.45, 2.75) is 71.1 Å². The third-order valence-electron chi connectivity index (χ3n) is 3.72. The minimum atomic E-state index is -1.18. The van der Waals surface area contributed by atoms with E-state index in [1.807, 2.05) is 0 Å². The van der Waals surface area contributed by atoms with Crippen LogP contribution in [0.25, 0.3) is 0 Å². The van der Waals surface area contributed by atoms with Gasteiger partial charge in [0, 0.05) is 0 Å². The second-order valence-corrected chi connectivity index (χ2v) is 5.84. The topological polar surface area (TPSA) is 88.0 Å². The molecular formula is C19H33NO3. The summed E-state index contributed by atoms with van der Waals surface area (Å²) in [4.78, 5) is 10.2. The summed E-state index contributed by atoms with van der Waals surface area (Å²) in [7, 11) is 0. The summed E-state index contributed by atoms with van der Waals surface area (Å²) in [5.74, 6) is -1.62. The molecule has 4 N–H and O–H groups in total. The third kappa shape index (κ3) is 12.7. The van der Waals surface area contributed by atoms with Crippen LogP contribution in [0.4, 0.5) is 0 Å². The van der Waals surface area contributed by atoms with Crippen molar-refractivity contribution in [1.82, 2.24) is 0 Å². The molecule has 0 bridgehead atoms. The summed E-state index contributed by atoms with van der Waals surface area (Å²) in [6.45, 7) is 3.40. The van der Waals surface area contributed by atoms with Gasteiger partial charge in [-0.15, -0.1) is 0 Å². The molecule has 0 aliphatic rings. The van der Waals surface area contributed by atoms with Crippen LogP contribution < -0.4 is 10.8 Å². The van der Waals surface area contributed by atoms with Gasteiger partial charge in [0.05, 0.1) is 12.1 Å². The van der Waals surface area contributed by atoms with Gasteiger partial charge in [-0.1, -0.05) is 82.2 Å². The monoisotopic (exact) mass is 323 g/mol. The Hall–Kier alpha value is -1.55. The average Bonchev–Trinajstić information content (AvgIpc) is 2.54. The quantitative estimate of drug-likeness (QED) is 0.610. The number of carboxylic acids is 1. The maximum Gasteiger partial charge on any atom is 0.335 e. The Balaban J connectivity index is 0.000000433. The lowest BCUT2D eigenvalue weighted by molar-refractivity contribution is -0.368. The molecule has 0 saturated carbocycles. The number of para-hydroxylation sites is 1. The predicted octanol–water partition coefficient (Wildman–Crippen LogP) is 3.61. The van der Waals surface area contributed by atoms with Gasteiger partial charge in [0.15, 0.2) is 0 Å². The van der Waals surface area contributed by atoms with E-state index in [9.17, 15) is 9.90 Å². The van der Waals surface area contributed by atoms with Crippen LogP contribution in [0.15, 0.2) is 24.3 Å². The molecule has 0 aromatic heterocycles. The molecule has 0 spiro atoms. The highest BCUT2D eigenvalue weighted by Crippen LogP contribution is 2.11. The Morgan fingerprint density at radius 2 is 1.43 bits per heavy atom. The first kappa shape index (κ1) is 21.4. The van der Waals surface area contributed by atoms with Crippen molar-refractivity contribution in [3.05, 3.63) is 29.8 Å². The maximum atomic E-state index is 10.7. The number of hydrogen-bond donors (Lipinski definition) is 2. The molecule has 1 aromatic rings. The van der Waals surface area contributed by atoms with Gasteiger partial charge in [-0.3, -0.25) is 0 Å². The Kier molecular flexibility index (Phi) is 14.3. The van der Waals surface area contributed by atoms with Crippen LogP contribution in [0.5, 0.6) is 5.75 Å². The first-order valence-electron chi connectivity index (χ1n) is 8.92. The molecule has 0 fully saturated rings. The molecule has 0 amide bonds. The highest BCUT2D eigenvalue weighted by Gasteiger charge is 1.99. The van der Waals surface area contributed by atoms with Crippen molar-refractivity contribution < 1.29 is 20.7 Å². The van der Waals surface area contributed by atoms with E-state index >= 15 is 0 Å². The fraction of sp³-hybridized carbons (Fsp3) is 0.632. The number of aromatic carboxylic acids is 1. The number of carboxylic acid groups (broad SMARTS) is 1. The van der Waals surface area contributed by atoms with Gasteiger partial charge in [0.25, 0.3) is 0 Å². The summed E-state index contributed by atoms with van der Waals surface area (Å²) in [5, 5.41) is 19.0. The fourth-order valence-electron chi connectivity index (χ4n) is 2.31. The van der Waals surface area contributed by atoms with Gasteiger partial charge in [0.2, 0.25) is 0 Å². The third-order valence-corrected chi connectivity index (χ3v) is 3.72. The lowest BCUT2D eigenvalue weighted by Crippen LogP contribution is -2.50. The molecule has 0 aliphatic heterocycles. The van der Waals surface area contributed by atoms with Crippen LogP contribution in [0.2, 0.25) is 0 Å². The molecule has 0 atom stereocenters. The second kappa shape index (κ2) is 15.3. The first-order chi connectivity index (χ1) is 11.1. The molecule has 4 nitrogen and oxygen atoms in total. The first-order valence-corrected chi connectivity index (χ1v) is 8.92. The molecule has 132 valence electrons. The van der Waals surface area contributed by atoms with E-state index in [-0.39, 0.29) is 5.56 Å². The van der Waals surface area contributed by atoms with Crippen molar-refractivity contribution >= 4 is 5.97 Å². The van der Waals surface area contributed by atoms with Crippen LogP contribution in [0.1, 0.15) is 81.5 Å². The van der Waals surface area contributed by atoms with Crippen LogP contribution in [-0.4, -0.2) is 17.6 Å². The lowest BCUT2D eigenvalue weighted by atomic mass is 10.1. The van der Waals surface area contributed by atoms with Crippen LogP contribution >= 0.6 is 0 Å². The summed E-state index contributed by atoms with van der Waals surface area (Å²) in [6.07, 6.45) is 14.2. The molecular weight excluding hydrogens is 290 g/mol. The normalized spacial score (nSPS) is 10.0. The minimum Gasteiger partial charge on any atom is -0.872 e. The number of quaternary nitrogens is 1. The van der Waals surface area contributed by atoms with Gasteiger partial charge in [0.1, 0.15) is 0 Å². The number of carbonyl (C=O) groups is 1. The molecule has 0 saturated heterocycles. The zero-order valence-corrected chi connectivity index (χ0v) is 14.6. The van der Waals surface area contributed by atoms with E-state index in [1.54, 1.807) is 0 Å². The average molecular weight is 323 g/mol. The Bertz CT molecular complexity index is 397. The van der Waals surface area contributed by atoms with E-state index < -0.39 is 11.7 Å². The molecule has 0 unspecified atom stereocenters. The number of hydrogen-bond acceptors (Lipinski definition) is 2. The van der Waals surface area contributed by atoms with E-state index in [4.69, 9.17) is 5.11 Å². The molecule has 1 aromatic carbocycles. The largest absolute Gasteiger partial charge is 0.872 e. The van der Waals surface area contributed by atoms with Gasteiger partial charge < -0.3 is 15.9 Å². The molecule has 1 rings (SSSR count). The lowest BCUT2D eigenvalue weighted by Gasteiger charge is -2.07. The summed E-state index contributed by atoms with van der Waals surface area (Å²) in [6, 6.07) is 5.54. The van der Waals surface area contributed by atoms with Gasteiger partial charge >= 0.3 is 5.97 Å². The molecule has 0 heterocycles. The van der Waals surface area contributed by atoms with Crippen molar-refractivity contribution in [1.29, 1.82) is 0 Å². The van der Waals surface area contributed by atoms with Crippen LogP contribution in [0.3, 0.4) is 0 Å². The zero-order valence-electron chi connectivity index (χ0n) is 14.6. The van der Waals surface area contributed by atoms with Gasteiger partial charge in [-0.2, -0.15) is 0 Å². The SMILES string of the molecule is CCCCCCCCCCCC[NH3+].O=C(O)c1ccccc1[O-]. The van der Waals surface area contributed by atoms with Crippen LogP contribution in [-0.2, 0) is 0 Å². The zero-order chi connectivity index (χ0) is 17.3. The molecule has 4 heteroatoms. The second-order valence-electron chi connectivity index (χ2n) is 5.84. The Morgan fingerprint density at radius 1 is 0.957 bits per heavy atom. The predicted molar refractivity (Wildman–Crippen MR) is 92.4 cm³/mol. The van der Waals surface area contributed by atoms with Crippen LogP contribution in [0, 0.1) is 0 Å². The van der Waals surface area contributed by atoms with Gasteiger partial charge in [-0.05, 0) is 18.9 Å². The smallest absolute Gasteiger partial charge is 0.335 e. The summed E-state index contributed by atoms with van der Waals surface area (Å²) >= 11 is 0. The Labute approximate surface area is 140 Å². The van der Waals surface area contributed by atoms with Crippen molar-refractivity contribution in [2.75, 3.05) is 6.54 Å². The highest BCUT2D eigenvalue weighted by molar-refractivity contribution is 5.90. The standard InChI is InChI=1S/C12H27N.C7H6O3/c1-2-3-4-5-6-7-8-9-10-11-12-13;8-6-4-2-1-3-5(6)7(9)10/h2-13H2,1H3;1-4,8H,(H,9,10). The molecule has 23 heavy (non-hydrogen) atoms. The number of rotatable bonds is 11. The van der Waals surface area contributed by atoms with E-state index in [1.165, 1.54) is 88.5 Å². The summed E-state index contributed by atoms with van der Waals surface area (Å²) in [5.41, 5.74) is 3.68. The van der Waals surface area contributed by atoms with E-state index in [0.717, 1.165) is 6.54 Å². The maximum absolute atomic E-state index is 10.7. The highest BCUT2D eigenvalue weighted by atomic mass is 16.4. The summed E-state index contributed by atoms with van der Waals surface area (Å²) < 4.78 is 0. The molecule has 0 aliphatic carbocycles. The number of benzene rings is 1. The fourth-order valence-corrected chi connectivity index (χ4v) is 2.31. The molecule has 0 radical (unpaired) electrons. The van der Waals surface area contributed by atoms with E-state index in [0.29, 0.717) is 0 Å².